The van der Waals surface area contributed by atoms with Crippen LogP contribution in [0.2, 0.25) is 0 Å². The van der Waals surface area contributed by atoms with E-state index >= 15 is 0 Å². The highest BCUT2D eigenvalue weighted by atomic mass is 32.2. The zero-order valence-electron chi connectivity index (χ0n) is 11.9. The second-order valence-electron chi connectivity index (χ2n) is 5.20. The summed E-state index contributed by atoms with van der Waals surface area (Å²) in [6, 6.07) is 0.869. The molecule has 1 aromatic rings. The zero-order chi connectivity index (χ0) is 14.6. The second kappa shape index (κ2) is 6.61. The molecule has 1 aliphatic carbocycles. The minimum Gasteiger partial charge on any atom is -0.371 e. The first-order chi connectivity index (χ1) is 9.60. The number of hydrogen-bond acceptors (Lipinski definition) is 4. The lowest BCUT2D eigenvalue weighted by Gasteiger charge is -2.36. The summed E-state index contributed by atoms with van der Waals surface area (Å²) in [5.41, 5.74) is 0. The number of anilines is 2. The van der Waals surface area contributed by atoms with E-state index in [-0.39, 0.29) is 16.4 Å². The molecule has 0 amide bonds. The van der Waals surface area contributed by atoms with Gasteiger partial charge in [0.1, 0.15) is 0 Å². The average molecular weight is 301 g/mol. The van der Waals surface area contributed by atoms with Crippen molar-refractivity contribution in [3.63, 3.8) is 0 Å². The van der Waals surface area contributed by atoms with Crippen molar-refractivity contribution < 1.29 is 8.78 Å². The number of aromatic nitrogens is 1. The lowest BCUT2D eigenvalue weighted by atomic mass is 9.88. The molecule has 20 heavy (non-hydrogen) atoms. The summed E-state index contributed by atoms with van der Waals surface area (Å²) in [5, 5.41) is 5.69. The van der Waals surface area contributed by atoms with Crippen molar-refractivity contribution in [3.8, 4) is 0 Å². The summed E-state index contributed by atoms with van der Waals surface area (Å²) in [6.45, 7) is 0.660. The van der Waals surface area contributed by atoms with E-state index in [2.05, 4.69) is 21.9 Å². The van der Waals surface area contributed by atoms with Crippen LogP contribution in [0.1, 0.15) is 32.1 Å². The van der Waals surface area contributed by atoms with E-state index in [0.717, 1.165) is 18.9 Å². The van der Waals surface area contributed by atoms with Gasteiger partial charge in [0.15, 0.2) is 23.3 Å². The molecule has 0 saturated heterocycles. The van der Waals surface area contributed by atoms with Crippen molar-refractivity contribution in [1.29, 1.82) is 0 Å². The first-order valence-corrected chi connectivity index (χ1v) is 8.15. The van der Waals surface area contributed by atoms with Gasteiger partial charge in [0.25, 0.3) is 0 Å². The molecule has 0 spiro atoms. The Morgan fingerprint density at radius 1 is 1.20 bits per heavy atom. The Labute approximate surface area is 122 Å². The van der Waals surface area contributed by atoms with Crippen LogP contribution < -0.4 is 10.6 Å². The fraction of sp³-hybridized carbons (Fsp3) is 0.643. The minimum atomic E-state index is -0.673. The molecule has 0 atom stereocenters. The fourth-order valence-electron chi connectivity index (χ4n) is 2.66. The Balaban J connectivity index is 2.09. The highest BCUT2D eigenvalue weighted by Crippen LogP contribution is 2.38. The lowest BCUT2D eigenvalue weighted by molar-refractivity contribution is 0.410. The van der Waals surface area contributed by atoms with Crippen molar-refractivity contribution >= 4 is 23.4 Å². The third-order valence-corrected chi connectivity index (χ3v) is 5.36. The molecule has 1 aromatic heterocycles. The van der Waals surface area contributed by atoms with Gasteiger partial charge >= 0.3 is 0 Å². The van der Waals surface area contributed by atoms with E-state index in [0.29, 0.717) is 6.54 Å². The highest BCUT2D eigenvalue weighted by molar-refractivity contribution is 8.00. The van der Waals surface area contributed by atoms with Crippen molar-refractivity contribution in [2.24, 2.45) is 0 Å². The summed E-state index contributed by atoms with van der Waals surface area (Å²) < 4.78 is 27.3. The van der Waals surface area contributed by atoms with E-state index in [4.69, 9.17) is 0 Å². The van der Waals surface area contributed by atoms with Crippen LogP contribution >= 0.6 is 11.8 Å². The third-order valence-electron chi connectivity index (χ3n) is 3.94. The Morgan fingerprint density at radius 2 is 1.85 bits per heavy atom. The van der Waals surface area contributed by atoms with Gasteiger partial charge in [-0.25, -0.2) is 13.8 Å². The van der Waals surface area contributed by atoms with Crippen LogP contribution in [0.5, 0.6) is 0 Å². The topological polar surface area (TPSA) is 37.0 Å². The molecule has 0 aromatic carbocycles. The molecule has 1 heterocycles. The highest BCUT2D eigenvalue weighted by Gasteiger charge is 2.31. The average Bonchev–Trinajstić information content (AvgIpc) is 2.47. The van der Waals surface area contributed by atoms with Crippen molar-refractivity contribution in [3.05, 3.63) is 17.7 Å². The normalized spacial score (nSPS) is 17.8. The van der Waals surface area contributed by atoms with Crippen LogP contribution in [0.3, 0.4) is 0 Å². The maximum Gasteiger partial charge on any atom is 0.168 e. The summed E-state index contributed by atoms with van der Waals surface area (Å²) in [4.78, 5) is 3.96. The van der Waals surface area contributed by atoms with Gasteiger partial charge in [-0.1, -0.05) is 19.3 Å². The van der Waals surface area contributed by atoms with Gasteiger partial charge in [-0.05, 0) is 19.1 Å². The van der Waals surface area contributed by atoms with Crippen LogP contribution in [0.15, 0.2) is 6.07 Å². The van der Waals surface area contributed by atoms with E-state index in [9.17, 15) is 8.78 Å². The van der Waals surface area contributed by atoms with Crippen LogP contribution in [-0.2, 0) is 0 Å². The number of rotatable bonds is 5. The molecule has 1 saturated carbocycles. The molecular weight excluding hydrogens is 280 g/mol. The smallest absolute Gasteiger partial charge is 0.168 e. The molecule has 0 bridgehead atoms. The molecule has 6 heteroatoms. The maximum atomic E-state index is 13.8. The van der Waals surface area contributed by atoms with E-state index in [1.54, 1.807) is 7.05 Å². The lowest BCUT2D eigenvalue weighted by Crippen LogP contribution is -2.36. The molecule has 1 aliphatic rings. The summed E-state index contributed by atoms with van der Waals surface area (Å²) >= 11 is 1.83. The number of nitrogens with one attached hydrogen (secondary N) is 2. The first kappa shape index (κ1) is 15.4. The maximum absolute atomic E-state index is 13.8. The van der Waals surface area contributed by atoms with Gasteiger partial charge in [-0.2, -0.15) is 11.8 Å². The predicted molar refractivity (Wildman–Crippen MR) is 81.5 cm³/mol. The van der Waals surface area contributed by atoms with Crippen molar-refractivity contribution in [2.75, 3.05) is 30.5 Å². The molecule has 0 aliphatic heterocycles. The summed E-state index contributed by atoms with van der Waals surface area (Å²) in [7, 11) is 1.57. The van der Waals surface area contributed by atoms with Gasteiger partial charge < -0.3 is 10.6 Å². The predicted octanol–water partition coefficient (Wildman–Crippen LogP) is 3.88. The van der Waals surface area contributed by atoms with Gasteiger partial charge in [0.05, 0.1) is 0 Å². The molecule has 2 rings (SSSR count). The van der Waals surface area contributed by atoms with Crippen LogP contribution in [0, 0.1) is 11.6 Å². The molecule has 1 fully saturated rings. The van der Waals surface area contributed by atoms with Crippen LogP contribution in [0.25, 0.3) is 0 Å². The summed E-state index contributed by atoms with van der Waals surface area (Å²) in [5.74, 6) is -1.13. The number of nitrogens with zero attached hydrogens (tertiary/aromatic N) is 1. The Bertz CT molecular complexity index is 462. The second-order valence-corrected chi connectivity index (χ2v) is 6.47. The number of pyridine rings is 1. The number of halogens is 2. The van der Waals surface area contributed by atoms with Crippen LogP contribution in [-0.4, -0.2) is 29.6 Å². The van der Waals surface area contributed by atoms with Crippen molar-refractivity contribution in [1.82, 2.24) is 4.98 Å². The van der Waals surface area contributed by atoms with E-state index < -0.39 is 11.6 Å². The number of hydrogen-bond donors (Lipinski definition) is 2. The van der Waals surface area contributed by atoms with Gasteiger partial charge in [-0.15, -0.1) is 0 Å². The molecule has 0 unspecified atom stereocenters. The van der Waals surface area contributed by atoms with E-state index in [1.165, 1.54) is 19.3 Å². The molecule has 0 radical (unpaired) electrons. The summed E-state index contributed by atoms with van der Waals surface area (Å²) in [6.07, 6.45) is 8.05. The van der Waals surface area contributed by atoms with Gasteiger partial charge in [-0.3, -0.25) is 0 Å². The number of thioether (sulfide) groups is 1. The zero-order valence-corrected chi connectivity index (χ0v) is 12.7. The Kier molecular flexibility index (Phi) is 5.07. The molecule has 112 valence electrons. The van der Waals surface area contributed by atoms with Gasteiger partial charge in [0.2, 0.25) is 0 Å². The monoisotopic (exact) mass is 301 g/mol. The molecule has 2 N–H and O–H groups in total. The largest absolute Gasteiger partial charge is 0.371 e. The quantitative estimate of drug-likeness (QED) is 0.865. The van der Waals surface area contributed by atoms with E-state index in [1.807, 2.05) is 11.8 Å². The van der Waals surface area contributed by atoms with Crippen molar-refractivity contribution in [2.45, 2.75) is 36.9 Å². The third kappa shape index (κ3) is 3.34. The SMILES string of the molecule is CNc1nc(NCC2(SC)CCCCC2)c(F)cc1F. The van der Waals surface area contributed by atoms with Gasteiger partial charge in [0, 0.05) is 24.4 Å². The molecular formula is C14H21F2N3S. The minimum absolute atomic E-state index is 0.0655. The fourth-order valence-corrected chi connectivity index (χ4v) is 3.57. The Morgan fingerprint density at radius 3 is 2.45 bits per heavy atom. The first-order valence-electron chi connectivity index (χ1n) is 6.93. The van der Waals surface area contributed by atoms with Crippen LogP contribution in [0.4, 0.5) is 20.4 Å². The molecule has 3 nitrogen and oxygen atoms in total. The standard InChI is InChI=1S/C14H21F2N3S/c1-17-12-10(15)8-11(16)13(19-12)18-9-14(20-2)6-4-3-5-7-14/h8H,3-7,9H2,1-2H3,(H2,17,18,19). The Hall–Kier alpha value is -1.04.